The summed E-state index contributed by atoms with van der Waals surface area (Å²) >= 11 is 7.63. The van der Waals surface area contributed by atoms with Crippen molar-refractivity contribution in [3.63, 3.8) is 0 Å². The summed E-state index contributed by atoms with van der Waals surface area (Å²) in [6, 6.07) is 2.70. The summed E-state index contributed by atoms with van der Waals surface area (Å²) in [6.07, 6.45) is 5.64. The number of hydrogen-bond donors (Lipinski definition) is 1. The first kappa shape index (κ1) is 11.4. The topological polar surface area (TPSA) is 12.0 Å². The molecule has 0 aromatic carbocycles. The molecular formula is C12H18ClNS. The van der Waals surface area contributed by atoms with Gasteiger partial charge in [0.05, 0.1) is 5.02 Å². The van der Waals surface area contributed by atoms with Crippen molar-refractivity contribution < 1.29 is 0 Å². The van der Waals surface area contributed by atoms with E-state index < -0.39 is 0 Å². The average Bonchev–Trinajstić information content (AvgIpc) is 2.84. The van der Waals surface area contributed by atoms with Gasteiger partial charge in [-0.25, -0.2) is 0 Å². The van der Waals surface area contributed by atoms with E-state index in [-0.39, 0.29) is 0 Å². The van der Waals surface area contributed by atoms with Crippen LogP contribution in [0.5, 0.6) is 0 Å². The lowest BCUT2D eigenvalue weighted by Gasteiger charge is -2.19. The molecule has 1 nitrogen and oxygen atoms in total. The molecule has 1 fully saturated rings. The van der Waals surface area contributed by atoms with Crippen LogP contribution in [0, 0.1) is 5.92 Å². The predicted molar refractivity (Wildman–Crippen MR) is 67.6 cm³/mol. The fourth-order valence-electron chi connectivity index (χ4n) is 2.33. The highest BCUT2D eigenvalue weighted by Crippen LogP contribution is 2.28. The fourth-order valence-corrected chi connectivity index (χ4v) is 3.36. The Hall–Kier alpha value is -0.0500. The molecule has 1 aliphatic carbocycles. The zero-order valence-electron chi connectivity index (χ0n) is 9.13. The van der Waals surface area contributed by atoms with Gasteiger partial charge in [0, 0.05) is 22.8 Å². The predicted octanol–water partition coefficient (Wildman–Crippen LogP) is 4.07. The Morgan fingerprint density at radius 1 is 1.53 bits per heavy atom. The molecule has 1 atom stereocenters. The zero-order chi connectivity index (χ0) is 10.7. The molecule has 1 N–H and O–H groups in total. The number of nitrogens with one attached hydrogen (secondary N) is 1. The summed E-state index contributed by atoms with van der Waals surface area (Å²) in [5.41, 5.74) is 0. The molecule has 1 heterocycles. The lowest BCUT2D eigenvalue weighted by atomic mass is 10.00. The molecule has 0 aliphatic heterocycles. The lowest BCUT2D eigenvalue weighted by molar-refractivity contribution is 0.381. The number of hydrogen-bond acceptors (Lipinski definition) is 2. The van der Waals surface area contributed by atoms with Gasteiger partial charge < -0.3 is 5.32 Å². The van der Waals surface area contributed by atoms with E-state index in [1.54, 1.807) is 11.3 Å². The molecule has 0 unspecified atom stereocenters. The summed E-state index contributed by atoms with van der Waals surface area (Å²) in [4.78, 5) is 1.34. The second-order valence-corrected chi connectivity index (χ2v) is 5.88. The van der Waals surface area contributed by atoms with Crippen LogP contribution in [0.1, 0.15) is 37.5 Å². The first-order valence-corrected chi connectivity index (χ1v) is 6.98. The average molecular weight is 244 g/mol. The number of halogens is 1. The van der Waals surface area contributed by atoms with Gasteiger partial charge >= 0.3 is 0 Å². The molecule has 0 bridgehead atoms. The Morgan fingerprint density at radius 2 is 2.27 bits per heavy atom. The van der Waals surface area contributed by atoms with Crippen LogP contribution in [0.15, 0.2) is 11.4 Å². The Bertz CT molecular complexity index is 304. The monoisotopic (exact) mass is 243 g/mol. The molecule has 15 heavy (non-hydrogen) atoms. The van der Waals surface area contributed by atoms with E-state index in [0.717, 1.165) is 17.5 Å². The van der Waals surface area contributed by atoms with E-state index in [1.165, 1.54) is 30.6 Å². The smallest absolute Gasteiger partial charge is 0.0516 e. The molecule has 84 valence electrons. The van der Waals surface area contributed by atoms with Crippen LogP contribution in [-0.2, 0) is 6.54 Å². The molecule has 1 aromatic heterocycles. The number of rotatable bonds is 4. The Morgan fingerprint density at radius 3 is 2.87 bits per heavy atom. The molecule has 0 saturated heterocycles. The third kappa shape index (κ3) is 3.20. The maximum Gasteiger partial charge on any atom is 0.0516 e. The molecule has 3 heteroatoms. The maximum atomic E-state index is 5.89. The van der Waals surface area contributed by atoms with Crippen molar-refractivity contribution in [3.05, 3.63) is 21.3 Å². The quantitative estimate of drug-likeness (QED) is 0.841. The van der Waals surface area contributed by atoms with E-state index >= 15 is 0 Å². The maximum absolute atomic E-state index is 5.89. The van der Waals surface area contributed by atoms with Crippen LogP contribution in [0.2, 0.25) is 5.02 Å². The van der Waals surface area contributed by atoms with Crippen molar-refractivity contribution in [2.45, 2.75) is 45.2 Å². The largest absolute Gasteiger partial charge is 0.309 e. The van der Waals surface area contributed by atoms with Gasteiger partial charge in [0.1, 0.15) is 0 Å². The van der Waals surface area contributed by atoms with Gasteiger partial charge in [-0.2, -0.15) is 0 Å². The van der Waals surface area contributed by atoms with Crippen LogP contribution in [0.4, 0.5) is 0 Å². The van der Waals surface area contributed by atoms with Crippen LogP contribution in [0.3, 0.4) is 0 Å². The number of thiophene rings is 1. The SMILES string of the molecule is C[C@H](NCc1cc(Cl)cs1)C1CCCC1. The first-order chi connectivity index (χ1) is 7.25. The highest BCUT2D eigenvalue weighted by molar-refractivity contribution is 7.10. The highest BCUT2D eigenvalue weighted by atomic mass is 35.5. The second-order valence-electron chi connectivity index (χ2n) is 4.45. The summed E-state index contributed by atoms with van der Waals surface area (Å²) in [7, 11) is 0. The van der Waals surface area contributed by atoms with Crippen molar-refractivity contribution in [1.29, 1.82) is 0 Å². The van der Waals surface area contributed by atoms with Crippen LogP contribution in [0.25, 0.3) is 0 Å². The summed E-state index contributed by atoms with van der Waals surface area (Å²) in [6.45, 7) is 3.28. The minimum atomic E-state index is 0.647. The van der Waals surface area contributed by atoms with E-state index in [4.69, 9.17) is 11.6 Å². The molecule has 0 radical (unpaired) electrons. The minimum absolute atomic E-state index is 0.647. The van der Waals surface area contributed by atoms with Crippen molar-refractivity contribution >= 4 is 22.9 Å². The van der Waals surface area contributed by atoms with Gasteiger partial charge in [-0.05, 0) is 31.7 Å². The summed E-state index contributed by atoms with van der Waals surface area (Å²) in [5, 5.41) is 6.47. The van der Waals surface area contributed by atoms with Crippen LogP contribution < -0.4 is 5.32 Å². The standard InChI is InChI=1S/C12H18ClNS/c1-9(10-4-2-3-5-10)14-7-12-6-11(13)8-15-12/h6,8-10,14H,2-5,7H2,1H3/t9-/m0/s1. The fraction of sp³-hybridized carbons (Fsp3) is 0.667. The lowest BCUT2D eigenvalue weighted by Crippen LogP contribution is -2.31. The molecule has 1 aromatic rings. The van der Waals surface area contributed by atoms with Gasteiger partial charge in [0.15, 0.2) is 0 Å². The third-order valence-corrected chi connectivity index (χ3v) is 4.61. The molecular weight excluding hydrogens is 226 g/mol. The van der Waals surface area contributed by atoms with E-state index in [9.17, 15) is 0 Å². The second kappa shape index (κ2) is 5.33. The Balaban J connectivity index is 1.77. The van der Waals surface area contributed by atoms with Crippen molar-refractivity contribution in [1.82, 2.24) is 5.32 Å². The van der Waals surface area contributed by atoms with E-state index in [1.807, 2.05) is 5.38 Å². The van der Waals surface area contributed by atoms with Crippen LogP contribution in [-0.4, -0.2) is 6.04 Å². The zero-order valence-corrected chi connectivity index (χ0v) is 10.7. The molecule has 0 amide bonds. The van der Waals surface area contributed by atoms with Crippen LogP contribution >= 0.6 is 22.9 Å². The normalized spacial score (nSPS) is 19.6. The summed E-state index contributed by atoms with van der Waals surface area (Å²) in [5.74, 6) is 0.889. The van der Waals surface area contributed by atoms with Gasteiger partial charge in [0.2, 0.25) is 0 Å². The van der Waals surface area contributed by atoms with Crippen molar-refractivity contribution in [2.75, 3.05) is 0 Å². The molecule has 0 spiro atoms. The minimum Gasteiger partial charge on any atom is -0.309 e. The van der Waals surface area contributed by atoms with Crippen molar-refractivity contribution in [2.24, 2.45) is 5.92 Å². The van der Waals surface area contributed by atoms with Gasteiger partial charge in [-0.15, -0.1) is 11.3 Å². The van der Waals surface area contributed by atoms with Gasteiger partial charge in [-0.3, -0.25) is 0 Å². The Labute approximate surface area is 101 Å². The van der Waals surface area contributed by atoms with Gasteiger partial charge in [-0.1, -0.05) is 24.4 Å². The Kier molecular flexibility index (Phi) is 4.06. The highest BCUT2D eigenvalue weighted by Gasteiger charge is 2.20. The summed E-state index contributed by atoms with van der Waals surface area (Å²) < 4.78 is 0. The molecule has 1 saturated carbocycles. The van der Waals surface area contributed by atoms with Gasteiger partial charge in [0.25, 0.3) is 0 Å². The third-order valence-electron chi connectivity index (χ3n) is 3.33. The molecule has 2 rings (SSSR count). The first-order valence-electron chi connectivity index (χ1n) is 5.72. The van der Waals surface area contributed by atoms with E-state index in [0.29, 0.717) is 6.04 Å². The molecule has 1 aliphatic rings. The van der Waals surface area contributed by atoms with E-state index in [2.05, 4.69) is 18.3 Å². The van der Waals surface area contributed by atoms with Crippen molar-refractivity contribution in [3.8, 4) is 0 Å².